The van der Waals surface area contributed by atoms with Crippen LogP contribution < -0.4 is 0 Å². The minimum absolute atomic E-state index is 0.210. The number of hydrogen-bond donors (Lipinski definition) is 0. The summed E-state index contributed by atoms with van der Waals surface area (Å²) in [4.78, 5) is 11.1. The number of benzene rings is 2. The van der Waals surface area contributed by atoms with Gasteiger partial charge in [0.25, 0.3) is 0 Å². The van der Waals surface area contributed by atoms with E-state index in [0.29, 0.717) is 6.42 Å². The van der Waals surface area contributed by atoms with Gasteiger partial charge in [0.1, 0.15) is 5.78 Å². The van der Waals surface area contributed by atoms with E-state index in [1.54, 1.807) is 6.92 Å². The highest BCUT2D eigenvalue weighted by Gasteiger charge is 2.01. The Morgan fingerprint density at radius 2 is 1.44 bits per heavy atom. The molecule has 0 saturated heterocycles. The van der Waals surface area contributed by atoms with Gasteiger partial charge in [-0.05, 0) is 23.3 Å². The van der Waals surface area contributed by atoms with Gasteiger partial charge in [-0.1, -0.05) is 70.2 Å². The molecule has 0 aliphatic rings. The molecule has 2 rings (SSSR count). The van der Waals surface area contributed by atoms with E-state index in [9.17, 15) is 4.79 Å². The van der Waals surface area contributed by atoms with Gasteiger partial charge in [-0.3, -0.25) is 4.79 Å². The molecule has 0 bridgehead atoms. The molecular formula is C17H24O. The highest BCUT2D eigenvalue weighted by Crippen LogP contribution is 2.18. The average molecular weight is 244 g/mol. The number of Topliss-reactive ketones (excluding diaryl/α,β-unsaturated/α-hetero) is 1. The fourth-order valence-corrected chi connectivity index (χ4v) is 1.71. The van der Waals surface area contributed by atoms with E-state index in [0.717, 1.165) is 5.56 Å². The highest BCUT2D eigenvalue weighted by molar-refractivity contribution is 5.90. The van der Waals surface area contributed by atoms with E-state index in [2.05, 4.69) is 18.2 Å². The molecule has 0 aliphatic carbocycles. The van der Waals surface area contributed by atoms with Gasteiger partial charge >= 0.3 is 0 Å². The van der Waals surface area contributed by atoms with Crippen molar-refractivity contribution in [3.05, 3.63) is 48.0 Å². The van der Waals surface area contributed by atoms with Gasteiger partial charge in [0.05, 0.1) is 0 Å². The monoisotopic (exact) mass is 244 g/mol. The third-order valence-electron chi connectivity index (χ3n) is 2.32. The summed E-state index contributed by atoms with van der Waals surface area (Å²) in [6.45, 7) is 9.63. The molecule has 0 spiro atoms. The van der Waals surface area contributed by atoms with Gasteiger partial charge in [-0.15, -0.1) is 0 Å². The van der Waals surface area contributed by atoms with Gasteiger partial charge in [0.15, 0.2) is 0 Å². The van der Waals surface area contributed by atoms with Crippen LogP contribution in [0.1, 0.15) is 40.2 Å². The van der Waals surface area contributed by atoms with Crippen molar-refractivity contribution < 1.29 is 4.79 Å². The molecule has 1 heteroatoms. The van der Waals surface area contributed by atoms with E-state index < -0.39 is 0 Å². The maximum Gasteiger partial charge on any atom is 0.134 e. The summed E-state index contributed by atoms with van der Waals surface area (Å²) in [7, 11) is 0. The Morgan fingerprint density at radius 3 is 2.06 bits per heavy atom. The summed E-state index contributed by atoms with van der Waals surface area (Å²) in [5, 5.41) is 2.39. The number of carbonyl (C=O) groups is 1. The third kappa shape index (κ3) is 4.70. The molecule has 0 N–H and O–H groups in total. The Morgan fingerprint density at radius 1 is 0.889 bits per heavy atom. The molecule has 0 atom stereocenters. The van der Waals surface area contributed by atoms with Gasteiger partial charge in [0, 0.05) is 6.42 Å². The van der Waals surface area contributed by atoms with E-state index in [-0.39, 0.29) is 5.78 Å². The van der Waals surface area contributed by atoms with Gasteiger partial charge < -0.3 is 0 Å². The van der Waals surface area contributed by atoms with Crippen molar-refractivity contribution >= 4 is 16.6 Å². The first-order valence-corrected chi connectivity index (χ1v) is 6.73. The fraction of sp³-hybridized carbons (Fsp3) is 0.353. The second kappa shape index (κ2) is 9.41. The van der Waals surface area contributed by atoms with Crippen LogP contribution in [-0.2, 0) is 11.2 Å². The van der Waals surface area contributed by atoms with Crippen molar-refractivity contribution in [3.63, 3.8) is 0 Å². The van der Waals surface area contributed by atoms with Crippen LogP contribution in [0, 0.1) is 0 Å². The zero-order valence-electron chi connectivity index (χ0n) is 12.2. The molecule has 0 radical (unpaired) electrons. The lowest BCUT2D eigenvalue weighted by molar-refractivity contribution is -0.116. The summed E-state index contributed by atoms with van der Waals surface area (Å²) < 4.78 is 0. The zero-order chi connectivity index (χ0) is 14.0. The Bertz CT molecular complexity index is 466. The van der Waals surface area contributed by atoms with Crippen molar-refractivity contribution in [2.75, 3.05) is 0 Å². The topological polar surface area (TPSA) is 17.1 Å². The van der Waals surface area contributed by atoms with Crippen LogP contribution >= 0.6 is 0 Å². The first-order chi connectivity index (χ1) is 8.77. The lowest BCUT2D eigenvalue weighted by Gasteiger charge is -2.03. The van der Waals surface area contributed by atoms with Crippen LogP contribution in [0.4, 0.5) is 0 Å². The Kier molecular flexibility index (Phi) is 8.55. The molecule has 98 valence electrons. The number of ketones is 1. The van der Waals surface area contributed by atoms with E-state index >= 15 is 0 Å². The number of fused-ring (bicyclic) bond motifs is 1. The highest BCUT2D eigenvalue weighted by atomic mass is 16.1. The average Bonchev–Trinajstić information content (AvgIpc) is 2.43. The summed E-state index contributed by atoms with van der Waals surface area (Å²) in [6, 6.07) is 14.2. The van der Waals surface area contributed by atoms with E-state index in [1.807, 2.05) is 52.0 Å². The molecule has 18 heavy (non-hydrogen) atoms. The molecule has 1 nitrogen and oxygen atoms in total. The van der Waals surface area contributed by atoms with Gasteiger partial charge in [-0.25, -0.2) is 0 Å². The molecule has 0 heterocycles. The van der Waals surface area contributed by atoms with Crippen LogP contribution in [0.25, 0.3) is 10.8 Å². The Labute approximate surface area is 111 Å². The maximum absolute atomic E-state index is 11.1. The molecule has 0 saturated carbocycles. The first-order valence-electron chi connectivity index (χ1n) is 6.73. The molecule has 0 aromatic heterocycles. The first kappa shape index (κ1) is 16.4. The Hall–Kier alpha value is -1.63. The van der Waals surface area contributed by atoms with Gasteiger partial charge in [0.2, 0.25) is 0 Å². The van der Waals surface area contributed by atoms with Crippen LogP contribution in [0.5, 0.6) is 0 Å². The molecule has 2 aromatic carbocycles. The molecular weight excluding hydrogens is 220 g/mol. The van der Waals surface area contributed by atoms with Crippen molar-refractivity contribution in [1.29, 1.82) is 0 Å². The van der Waals surface area contributed by atoms with Crippen molar-refractivity contribution in [2.24, 2.45) is 0 Å². The normalized spacial score (nSPS) is 8.72. The lowest BCUT2D eigenvalue weighted by atomic mass is 10.0. The standard InChI is InChI=1S/C13H12O.2C2H6/c1-10(14)9-12-7-4-6-11-5-2-3-8-13(11)12;2*1-2/h2-8H,9H2,1H3;2*1-2H3. The molecule has 2 aromatic rings. The van der Waals surface area contributed by atoms with Crippen LogP contribution in [0.15, 0.2) is 42.5 Å². The summed E-state index contributed by atoms with van der Waals surface area (Å²) in [5.41, 5.74) is 1.12. The third-order valence-corrected chi connectivity index (χ3v) is 2.32. The summed E-state index contributed by atoms with van der Waals surface area (Å²) >= 11 is 0. The van der Waals surface area contributed by atoms with Crippen LogP contribution in [-0.4, -0.2) is 5.78 Å². The van der Waals surface area contributed by atoms with E-state index in [4.69, 9.17) is 0 Å². The predicted octanol–water partition coefficient (Wildman–Crippen LogP) is 5.02. The summed E-state index contributed by atoms with van der Waals surface area (Å²) in [6.07, 6.45) is 0.529. The summed E-state index contributed by atoms with van der Waals surface area (Å²) in [5.74, 6) is 0.210. The van der Waals surface area contributed by atoms with Crippen molar-refractivity contribution in [3.8, 4) is 0 Å². The quantitative estimate of drug-likeness (QED) is 0.724. The predicted molar refractivity (Wildman–Crippen MR) is 81.0 cm³/mol. The number of rotatable bonds is 2. The Balaban J connectivity index is 0.000000659. The zero-order valence-corrected chi connectivity index (χ0v) is 12.2. The minimum Gasteiger partial charge on any atom is -0.300 e. The van der Waals surface area contributed by atoms with Gasteiger partial charge in [-0.2, -0.15) is 0 Å². The molecule has 0 aliphatic heterocycles. The number of carbonyl (C=O) groups excluding carboxylic acids is 1. The van der Waals surface area contributed by atoms with Crippen LogP contribution in [0.2, 0.25) is 0 Å². The second-order valence-corrected chi connectivity index (χ2v) is 3.52. The minimum atomic E-state index is 0.210. The SMILES string of the molecule is CC.CC.CC(=O)Cc1cccc2ccccc12. The number of hydrogen-bond acceptors (Lipinski definition) is 1. The molecule has 0 fully saturated rings. The maximum atomic E-state index is 11.1. The van der Waals surface area contributed by atoms with Crippen molar-refractivity contribution in [1.82, 2.24) is 0 Å². The second-order valence-electron chi connectivity index (χ2n) is 3.52. The molecule has 0 unspecified atom stereocenters. The largest absolute Gasteiger partial charge is 0.300 e. The smallest absolute Gasteiger partial charge is 0.134 e. The lowest BCUT2D eigenvalue weighted by Crippen LogP contribution is -1.96. The van der Waals surface area contributed by atoms with Crippen LogP contribution in [0.3, 0.4) is 0 Å². The van der Waals surface area contributed by atoms with Crippen molar-refractivity contribution in [2.45, 2.75) is 41.0 Å². The molecule has 0 amide bonds. The van der Waals surface area contributed by atoms with E-state index in [1.165, 1.54) is 10.8 Å². The fourth-order valence-electron chi connectivity index (χ4n) is 1.71.